The van der Waals surface area contributed by atoms with E-state index in [1.54, 1.807) is 35.5 Å². The Balaban J connectivity index is 1.22. The predicted octanol–water partition coefficient (Wildman–Crippen LogP) is 10.1. The minimum atomic E-state index is 0.774. The molecule has 0 radical (unpaired) electrons. The molecule has 0 spiro atoms. The zero-order valence-corrected chi connectivity index (χ0v) is 26.7. The van der Waals surface area contributed by atoms with E-state index in [1.165, 1.54) is 0 Å². The van der Waals surface area contributed by atoms with Crippen molar-refractivity contribution in [2.24, 2.45) is 0 Å². The lowest BCUT2D eigenvalue weighted by Gasteiger charge is -2.16. The molecule has 0 heterocycles. The number of rotatable bonds is 10. The van der Waals surface area contributed by atoms with E-state index in [0.29, 0.717) is 0 Å². The van der Waals surface area contributed by atoms with E-state index in [0.717, 1.165) is 84.4 Å². The molecule has 0 saturated heterocycles. The van der Waals surface area contributed by atoms with Gasteiger partial charge in [-0.05, 0) is 81.4 Å². The van der Waals surface area contributed by atoms with Crippen LogP contribution in [-0.4, -0.2) is 35.5 Å². The summed E-state index contributed by atoms with van der Waals surface area (Å²) in [6.45, 7) is 0. The first-order valence-corrected chi connectivity index (χ1v) is 15.0. The van der Waals surface area contributed by atoms with E-state index in [1.807, 2.05) is 54.6 Å². The smallest absolute Gasteiger partial charge is 0.127 e. The number of ether oxygens (including phenoxy) is 5. The topological polar surface area (TPSA) is 46.2 Å². The average molecular weight is 609 g/mol. The molecule has 6 rings (SSSR count). The van der Waals surface area contributed by atoms with Crippen LogP contribution in [0.4, 0.5) is 0 Å². The molecule has 0 bridgehead atoms. The molecule has 6 aromatic rings. The van der Waals surface area contributed by atoms with Gasteiger partial charge in [0.2, 0.25) is 0 Å². The molecule has 6 aromatic carbocycles. The maximum absolute atomic E-state index is 5.84. The fourth-order valence-corrected chi connectivity index (χ4v) is 5.70. The third kappa shape index (κ3) is 6.13. The maximum Gasteiger partial charge on any atom is 0.127 e. The lowest BCUT2D eigenvalue weighted by atomic mass is 9.95. The van der Waals surface area contributed by atoms with Crippen molar-refractivity contribution in [2.75, 3.05) is 35.5 Å². The van der Waals surface area contributed by atoms with Gasteiger partial charge >= 0.3 is 0 Å². The van der Waals surface area contributed by atoms with Crippen LogP contribution in [-0.2, 0) is 0 Å². The summed E-state index contributed by atoms with van der Waals surface area (Å²) in [5.74, 6) is 3.97. The Hall–Kier alpha value is -5.68. The van der Waals surface area contributed by atoms with Gasteiger partial charge in [-0.3, -0.25) is 0 Å². The van der Waals surface area contributed by atoms with E-state index in [4.69, 9.17) is 23.7 Å². The Labute approximate surface area is 270 Å². The molecule has 230 valence electrons. The molecule has 0 aliphatic heterocycles. The van der Waals surface area contributed by atoms with Crippen LogP contribution < -0.4 is 23.7 Å². The molecule has 5 heteroatoms. The highest BCUT2D eigenvalue weighted by molar-refractivity contribution is 5.83. The summed E-state index contributed by atoms with van der Waals surface area (Å²) in [6, 6.07) is 43.5. The van der Waals surface area contributed by atoms with Crippen LogP contribution in [0.1, 0.15) is 0 Å². The largest absolute Gasteiger partial charge is 0.497 e. The molecular formula is C41H36O5. The highest BCUT2D eigenvalue weighted by Crippen LogP contribution is 2.42. The standard InChI is InChI=1S/C41H36O5/c1-42-34-20-18-33(19-21-34)38-26-40(45-4)37(25-41(38)46-5)32-16-12-30(13-17-32)28-8-6-27(7-9-28)29-10-14-31(15-11-29)36-24-35(43-2)22-23-39(36)44-3/h6-26H,1-5H3. The molecular weight excluding hydrogens is 572 g/mol. The summed E-state index contributed by atoms with van der Waals surface area (Å²) in [5.41, 5.74) is 10.6. The number of hydrogen-bond donors (Lipinski definition) is 0. The van der Waals surface area contributed by atoms with Gasteiger partial charge in [0.1, 0.15) is 28.7 Å². The summed E-state index contributed by atoms with van der Waals surface area (Å²) in [7, 11) is 8.41. The Bertz CT molecular complexity index is 1930. The van der Waals surface area contributed by atoms with Crippen molar-refractivity contribution < 1.29 is 23.7 Å². The minimum absolute atomic E-state index is 0.774. The molecule has 0 fully saturated rings. The maximum atomic E-state index is 5.84. The van der Waals surface area contributed by atoms with Gasteiger partial charge in [-0.15, -0.1) is 0 Å². The fourth-order valence-electron chi connectivity index (χ4n) is 5.70. The van der Waals surface area contributed by atoms with Crippen LogP contribution in [0.25, 0.3) is 55.6 Å². The molecule has 0 atom stereocenters. The second-order valence-electron chi connectivity index (χ2n) is 10.8. The Morgan fingerprint density at radius 1 is 0.261 bits per heavy atom. The Morgan fingerprint density at radius 2 is 0.565 bits per heavy atom. The molecule has 0 aliphatic rings. The lowest BCUT2D eigenvalue weighted by molar-refractivity contribution is 0.404. The van der Waals surface area contributed by atoms with Crippen LogP contribution in [0.15, 0.2) is 127 Å². The summed E-state index contributed by atoms with van der Waals surface area (Å²) in [6.07, 6.45) is 0. The third-order valence-electron chi connectivity index (χ3n) is 8.27. The zero-order valence-electron chi connectivity index (χ0n) is 26.7. The van der Waals surface area contributed by atoms with Crippen LogP contribution >= 0.6 is 0 Å². The molecule has 0 aromatic heterocycles. The summed E-state index contributed by atoms with van der Waals surface area (Å²) >= 11 is 0. The Morgan fingerprint density at radius 3 is 0.913 bits per heavy atom. The molecule has 46 heavy (non-hydrogen) atoms. The monoisotopic (exact) mass is 608 g/mol. The van der Waals surface area contributed by atoms with Gasteiger partial charge in [0.05, 0.1) is 35.5 Å². The van der Waals surface area contributed by atoms with E-state index in [9.17, 15) is 0 Å². The first-order chi connectivity index (χ1) is 22.5. The molecule has 0 aliphatic carbocycles. The Kier molecular flexibility index (Phi) is 8.93. The molecule has 5 nitrogen and oxygen atoms in total. The van der Waals surface area contributed by atoms with Gasteiger partial charge in [0, 0.05) is 16.7 Å². The predicted molar refractivity (Wildman–Crippen MR) is 186 cm³/mol. The van der Waals surface area contributed by atoms with Gasteiger partial charge in [-0.2, -0.15) is 0 Å². The van der Waals surface area contributed by atoms with Crippen LogP contribution in [0.5, 0.6) is 28.7 Å². The number of benzene rings is 6. The van der Waals surface area contributed by atoms with E-state index in [-0.39, 0.29) is 0 Å². The van der Waals surface area contributed by atoms with Crippen molar-refractivity contribution in [3.05, 3.63) is 127 Å². The minimum Gasteiger partial charge on any atom is -0.497 e. The third-order valence-corrected chi connectivity index (χ3v) is 8.27. The van der Waals surface area contributed by atoms with Gasteiger partial charge < -0.3 is 23.7 Å². The van der Waals surface area contributed by atoms with Crippen molar-refractivity contribution in [1.82, 2.24) is 0 Å². The molecule has 0 unspecified atom stereocenters. The fraction of sp³-hybridized carbons (Fsp3) is 0.122. The van der Waals surface area contributed by atoms with Gasteiger partial charge in [-0.1, -0.05) is 84.9 Å². The van der Waals surface area contributed by atoms with E-state index in [2.05, 4.69) is 72.8 Å². The number of hydrogen-bond acceptors (Lipinski definition) is 5. The van der Waals surface area contributed by atoms with E-state index >= 15 is 0 Å². The molecule has 0 amide bonds. The first-order valence-electron chi connectivity index (χ1n) is 15.0. The molecule has 0 N–H and O–H groups in total. The van der Waals surface area contributed by atoms with Crippen LogP contribution in [0, 0.1) is 0 Å². The van der Waals surface area contributed by atoms with Gasteiger partial charge in [0.25, 0.3) is 0 Å². The SMILES string of the molecule is COc1ccc(-c2cc(OC)c(-c3ccc(-c4ccc(-c5ccc(-c6cc(OC)ccc6OC)cc5)cc4)cc3)cc2OC)cc1. The van der Waals surface area contributed by atoms with Crippen molar-refractivity contribution >= 4 is 0 Å². The van der Waals surface area contributed by atoms with Crippen LogP contribution in [0.2, 0.25) is 0 Å². The van der Waals surface area contributed by atoms with E-state index < -0.39 is 0 Å². The highest BCUT2D eigenvalue weighted by atomic mass is 16.5. The second-order valence-corrected chi connectivity index (χ2v) is 10.8. The quantitative estimate of drug-likeness (QED) is 0.155. The average Bonchev–Trinajstić information content (AvgIpc) is 3.14. The van der Waals surface area contributed by atoms with Gasteiger partial charge in [-0.25, -0.2) is 0 Å². The summed E-state index contributed by atoms with van der Waals surface area (Å²) < 4.78 is 28.0. The van der Waals surface area contributed by atoms with Crippen molar-refractivity contribution in [2.45, 2.75) is 0 Å². The lowest BCUT2D eigenvalue weighted by Crippen LogP contribution is -1.94. The molecule has 0 saturated carbocycles. The number of methoxy groups -OCH3 is 5. The normalized spacial score (nSPS) is 10.7. The van der Waals surface area contributed by atoms with Crippen molar-refractivity contribution in [3.63, 3.8) is 0 Å². The first kappa shape index (κ1) is 30.4. The van der Waals surface area contributed by atoms with Crippen molar-refractivity contribution in [1.29, 1.82) is 0 Å². The highest BCUT2D eigenvalue weighted by Gasteiger charge is 2.15. The van der Waals surface area contributed by atoms with Gasteiger partial charge in [0.15, 0.2) is 0 Å². The summed E-state index contributed by atoms with van der Waals surface area (Å²) in [4.78, 5) is 0. The zero-order chi connectivity index (χ0) is 32.0. The van der Waals surface area contributed by atoms with Crippen LogP contribution in [0.3, 0.4) is 0 Å². The summed E-state index contributed by atoms with van der Waals surface area (Å²) in [5, 5.41) is 0. The van der Waals surface area contributed by atoms with Crippen molar-refractivity contribution in [3.8, 4) is 84.4 Å². The second kappa shape index (κ2) is 13.5.